The highest BCUT2D eigenvalue weighted by molar-refractivity contribution is 5.85. The summed E-state index contributed by atoms with van der Waals surface area (Å²) in [5, 5.41) is 0. The maximum atomic E-state index is 10.8. The lowest BCUT2D eigenvalue weighted by Crippen LogP contribution is -2.42. The molecule has 0 spiro atoms. The number of nitrogens with two attached hydrogens (primary N) is 2. The zero-order valence-electron chi connectivity index (χ0n) is 8.47. The van der Waals surface area contributed by atoms with Crippen LogP contribution in [0.4, 0.5) is 0 Å². The van der Waals surface area contributed by atoms with Gasteiger partial charge in [0.05, 0.1) is 14.2 Å². The van der Waals surface area contributed by atoms with Crippen molar-refractivity contribution in [1.82, 2.24) is 0 Å². The average Bonchev–Trinajstić information content (AvgIpc) is 2.14. The fourth-order valence-electron chi connectivity index (χ4n) is 0.769. The van der Waals surface area contributed by atoms with E-state index < -0.39 is 24.0 Å². The summed E-state index contributed by atoms with van der Waals surface area (Å²) >= 11 is 0. The molecule has 0 aromatic carbocycles. The van der Waals surface area contributed by atoms with Crippen LogP contribution < -0.4 is 11.5 Å². The topological polar surface area (TPSA) is 105 Å². The van der Waals surface area contributed by atoms with Crippen molar-refractivity contribution in [3.63, 3.8) is 0 Å². The van der Waals surface area contributed by atoms with Gasteiger partial charge in [0.25, 0.3) is 0 Å². The van der Waals surface area contributed by atoms with E-state index in [-0.39, 0.29) is 31.2 Å². The smallest absolute Gasteiger partial charge is 0.322 e. The molecule has 0 aliphatic carbocycles. The molecule has 0 aliphatic heterocycles. The van der Waals surface area contributed by atoms with Gasteiger partial charge in [0, 0.05) is 0 Å². The molecule has 0 rings (SSSR count). The number of carbonyl (C=O) groups is 2. The summed E-state index contributed by atoms with van der Waals surface area (Å²) in [5.41, 5.74) is 10.7. The molecule has 0 heterocycles. The first-order valence-electron chi connectivity index (χ1n) is 3.69. The van der Waals surface area contributed by atoms with Gasteiger partial charge in [0.1, 0.15) is 12.1 Å². The summed E-state index contributed by atoms with van der Waals surface area (Å²) in [4.78, 5) is 21.6. The van der Waals surface area contributed by atoms with Crippen molar-refractivity contribution in [2.75, 3.05) is 14.2 Å². The minimum absolute atomic E-state index is 0. The van der Waals surface area contributed by atoms with Crippen LogP contribution in [-0.4, -0.2) is 38.2 Å². The van der Waals surface area contributed by atoms with E-state index in [4.69, 9.17) is 11.5 Å². The Balaban J connectivity index is -0.000000720. The maximum absolute atomic E-state index is 10.8. The molecule has 15 heavy (non-hydrogen) atoms. The van der Waals surface area contributed by atoms with Gasteiger partial charge in [-0.25, -0.2) is 0 Å². The Morgan fingerprint density at radius 1 is 1.00 bits per heavy atom. The Bertz CT molecular complexity index is 183. The normalized spacial score (nSPS) is 12.5. The minimum atomic E-state index is -0.890. The van der Waals surface area contributed by atoms with E-state index in [9.17, 15) is 9.59 Å². The number of ether oxygens (including phenoxy) is 2. The van der Waals surface area contributed by atoms with Crippen LogP contribution in [0.5, 0.6) is 0 Å². The lowest BCUT2D eigenvalue weighted by molar-refractivity contribution is -0.144. The molecule has 0 saturated heterocycles. The van der Waals surface area contributed by atoms with Gasteiger partial charge in [0.15, 0.2) is 0 Å². The molecular formula is C7H16Cl2N2O4. The van der Waals surface area contributed by atoms with Crippen LogP contribution in [0.15, 0.2) is 0 Å². The van der Waals surface area contributed by atoms with E-state index in [0.717, 1.165) is 0 Å². The van der Waals surface area contributed by atoms with Crippen LogP contribution in [0.1, 0.15) is 6.42 Å². The Kier molecular flexibility index (Phi) is 13.3. The van der Waals surface area contributed by atoms with Gasteiger partial charge >= 0.3 is 11.9 Å². The number of methoxy groups -OCH3 is 2. The van der Waals surface area contributed by atoms with Crippen LogP contribution in [-0.2, 0) is 19.1 Å². The molecule has 8 heteroatoms. The van der Waals surface area contributed by atoms with Crippen LogP contribution in [0, 0.1) is 0 Å². The van der Waals surface area contributed by atoms with Crippen molar-refractivity contribution in [3.05, 3.63) is 0 Å². The molecule has 4 N–H and O–H groups in total. The van der Waals surface area contributed by atoms with Crippen molar-refractivity contribution in [1.29, 1.82) is 0 Å². The monoisotopic (exact) mass is 262 g/mol. The summed E-state index contributed by atoms with van der Waals surface area (Å²) in [7, 11) is 2.43. The molecule has 0 unspecified atom stereocenters. The number of halogens is 2. The summed E-state index contributed by atoms with van der Waals surface area (Å²) < 4.78 is 8.71. The molecule has 92 valence electrons. The Hall–Kier alpha value is -0.560. The van der Waals surface area contributed by atoms with E-state index in [1.165, 1.54) is 14.2 Å². The van der Waals surface area contributed by atoms with Crippen molar-refractivity contribution >= 4 is 36.8 Å². The zero-order chi connectivity index (χ0) is 10.4. The van der Waals surface area contributed by atoms with Crippen molar-refractivity contribution in [2.45, 2.75) is 18.5 Å². The SMILES string of the molecule is COC(=O)[C@H](N)C[C@H](N)C(=O)OC.Cl.Cl. The Morgan fingerprint density at radius 3 is 1.47 bits per heavy atom. The van der Waals surface area contributed by atoms with Crippen molar-refractivity contribution in [3.8, 4) is 0 Å². The summed E-state index contributed by atoms with van der Waals surface area (Å²) in [6.07, 6.45) is 0.0132. The third kappa shape index (κ3) is 7.38. The number of hydrogen-bond acceptors (Lipinski definition) is 6. The van der Waals surface area contributed by atoms with Gasteiger partial charge in [0.2, 0.25) is 0 Å². The molecule has 0 aromatic rings. The van der Waals surface area contributed by atoms with Crippen LogP contribution in [0.25, 0.3) is 0 Å². The van der Waals surface area contributed by atoms with Crippen molar-refractivity contribution < 1.29 is 19.1 Å². The van der Waals surface area contributed by atoms with Gasteiger partial charge < -0.3 is 20.9 Å². The van der Waals surface area contributed by atoms with Gasteiger partial charge in [-0.15, -0.1) is 24.8 Å². The first-order valence-corrected chi connectivity index (χ1v) is 3.69. The third-order valence-electron chi connectivity index (χ3n) is 1.52. The van der Waals surface area contributed by atoms with E-state index in [1.54, 1.807) is 0 Å². The Morgan fingerprint density at radius 2 is 1.27 bits per heavy atom. The Labute approximate surface area is 100 Å². The molecule has 0 saturated carbocycles. The predicted octanol–water partition coefficient (Wildman–Crippen LogP) is -0.779. The molecule has 0 fully saturated rings. The van der Waals surface area contributed by atoms with Gasteiger partial charge in [-0.1, -0.05) is 0 Å². The molecule has 0 bridgehead atoms. The van der Waals surface area contributed by atoms with Gasteiger partial charge in [-0.2, -0.15) is 0 Å². The summed E-state index contributed by atoms with van der Waals surface area (Å²) in [6, 6.07) is -1.78. The van der Waals surface area contributed by atoms with Crippen LogP contribution in [0.3, 0.4) is 0 Å². The molecule has 0 amide bonds. The first kappa shape index (κ1) is 19.9. The van der Waals surface area contributed by atoms with E-state index >= 15 is 0 Å². The second-order valence-electron chi connectivity index (χ2n) is 2.50. The highest BCUT2D eigenvalue weighted by Gasteiger charge is 2.22. The summed E-state index contributed by atoms with van der Waals surface area (Å²) in [5.74, 6) is -1.20. The number of rotatable bonds is 4. The molecule has 2 atom stereocenters. The lowest BCUT2D eigenvalue weighted by atomic mass is 10.1. The quantitative estimate of drug-likeness (QED) is 0.645. The molecular weight excluding hydrogens is 247 g/mol. The van der Waals surface area contributed by atoms with Gasteiger partial charge in [-0.05, 0) is 6.42 Å². The molecule has 0 aliphatic rings. The minimum Gasteiger partial charge on any atom is -0.468 e. The predicted molar refractivity (Wildman–Crippen MR) is 59.1 cm³/mol. The fraction of sp³-hybridized carbons (Fsp3) is 0.714. The number of carbonyl (C=O) groups excluding carboxylic acids is 2. The molecule has 6 nitrogen and oxygen atoms in total. The second-order valence-corrected chi connectivity index (χ2v) is 2.50. The average molecular weight is 263 g/mol. The second kappa shape index (κ2) is 9.97. The zero-order valence-corrected chi connectivity index (χ0v) is 10.1. The fourth-order valence-corrected chi connectivity index (χ4v) is 0.769. The van der Waals surface area contributed by atoms with Crippen molar-refractivity contribution in [2.24, 2.45) is 11.5 Å². The largest absolute Gasteiger partial charge is 0.468 e. The van der Waals surface area contributed by atoms with Crippen LogP contribution >= 0.6 is 24.8 Å². The summed E-state index contributed by atoms with van der Waals surface area (Å²) in [6.45, 7) is 0. The highest BCUT2D eigenvalue weighted by Crippen LogP contribution is 1.97. The van der Waals surface area contributed by atoms with E-state index in [1.807, 2.05) is 0 Å². The molecule has 0 aromatic heterocycles. The van der Waals surface area contributed by atoms with Gasteiger partial charge in [-0.3, -0.25) is 9.59 Å². The van der Waals surface area contributed by atoms with E-state index in [2.05, 4.69) is 9.47 Å². The third-order valence-corrected chi connectivity index (χ3v) is 1.52. The number of esters is 2. The highest BCUT2D eigenvalue weighted by atomic mass is 35.5. The first-order chi connectivity index (χ1) is 6.02. The number of hydrogen-bond donors (Lipinski definition) is 2. The lowest BCUT2D eigenvalue weighted by Gasteiger charge is -2.13. The van der Waals surface area contributed by atoms with Crippen LogP contribution in [0.2, 0.25) is 0 Å². The van der Waals surface area contributed by atoms with E-state index in [0.29, 0.717) is 0 Å². The molecule has 0 radical (unpaired) electrons. The standard InChI is InChI=1S/C7H14N2O4.2ClH/c1-12-6(10)4(8)3-5(9)7(11)13-2;;/h4-5H,3,8-9H2,1-2H3;2*1H/t4-,5+;;. The maximum Gasteiger partial charge on any atom is 0.322 e.